The highest BCUT2D eigenvalue weighted by Gasteiger charge is 2.25. The van der Waals surface area contributed by atoms with Crippen molar-refractivity contribution in [2.45, 2.75) is 12.4 Å². The first-order chi connectivity index (χ1) is 11.2. The zero-order chi connectivity index (χ0) is 16.2. The number of hydrogen-bond acceptors (Lipinski definition) is 7. The van der Waals surface area contributed by atoms with Gasteiger partial charge in [-0.25, -0.2) is 4.98 Å². The SMILES string of the molecule is COC(OC)c1ccnc(-c2cncc(OC3CN(C)C3)n2)c1. The fraction of sp³-hybridized carbons (Fsp3) is 0.438. The van der Waals surface area contributed by atoms with Crippen molar-refractivity contribution in [3.05, 3.63) is 36.3 Å². The summed E-state index contributed by atoms with van der Waals surface area (Å²) < 4.78 is 16.3. The standard InChI is InChI=1S/C16H20N4O3/c1-20-9-12(10-20)23-15-8-17-7-14(19-15)13-6-11(4-5-18-13)16(21-2)22-3/h4-8,12,16H,9-10H2,1-3H3. The average molecular weight is 316 g/mol. The van der Waals surface area contributed by atoms with Gasteiger partial charge < -0.3 is 14.2 Å². The molecule has 1 aliphatic rings. The minimum Gasteiger partial charge on any atom is -0.471 e. The van der Waals surface area contributed by atoms with E-state index in [1.54, 1.807) is 32.8 Å². The van der Waals surface area contributed by atoms with Crippen molar-refractivity contribution in [2.75, 3.05) is 34.4 Å². The molecular formula is C16H20N4O3. The Morgan fingerprint density at radius 3 is 2.65 bits per heavy atom. The van der Waals surface area contributed by atoms with E-state index in [4.69, 9.17) is 14.2 Å². The maximum atomic E-state index is 5.81. The second kappa shape index (κ2) is 6.99. The fourth-order valence-corrected chi connectivity index (χ4v) is 2.52. The van der Waals surface area contributed by atoms with Gasteiger partial charge in [0.15, 0.2) is 6.29 Å². The molecule has 122 valence electrons. The Kier molecular flexibility index (Phi) is 4.80. The minimum absolute atomic E-state index is 0.176. The number of rotatable bonds is 6. The van der Waals surface area contributed by atoms with Crippen LogP contribution in [-0.2, 0) is 9.47 Å². The van der Waals surface area contributed by atoms with Gasteiger partial charge in [0.1, 0.15) is 11.8 Å². The molecule has 23 heavy (non-hydrogen) atoms. The first-order valence-electron chi connectivity index (χ1n) is 7.38. The van der Waals surface area contributed by atoms with Crippen LogP contribution in [0.25, 0.3) is 11.4 Å². The van der Waals surface area contributed by atoms with E-state index in [1.807, 2.05) is 12.1 Å². The molecule has 1 aliphatic heterocycles. The van der Waals surface area contributed by atoms with Crippen molar-refractivity contribution in [3.63, 3.8) is 0 Å². The van der Waals surface area contributed by atoms with Crippen molar-refractivity contribution in [1.29, 1.82) is 0 Å². The number of methoxy groups -OCH3 is 2. The summed E-state index contributed by atoms with van der Waals surface area (Å²) in [6.07, 6.45) is 4.73. The summed E-state index contributed by atoms with van der Waals surface area (Å²) in [4.78, 5) is 15.2. The van der Waals surface area contributed by atoms with Crippen LogP contribution >= 0.6 is 0 Å². The van der Waals surface area contributed by atoms with Gasteiger partial charge in [0.05, 0.1) is 18.1 Å². The number of pyridine rings is 1. The molecule has 7 nitrogen and oxygen atoms in total. The quantitative estimate of drug-likeness (QED) is 0.748. The van der Waals surface area contributed by atoms with E-state index in [1.165, 1.54) is 0 Å². The lowest BCUT2D eigenvalue weighted by Crippen LogP contribution is -2.51. The third kappa shape index (κ3) is 3.64. The van der Waals surface area contributed by atoms with E-state index < -0.39 is 6.29 Å². The zero-order valence-corrected chi connectivity index (χ0v) is 13.5. The summed E-state index contributed by atoms with van der Waals surface area (Å²) in [6.45, 7) is 1.81. The van der Waals surface area contributed by atoms with Crippen LogP contribution < -0.4 is 4.74 Å². The molecule has 2 aromatic rings. The topological polar surface area (TPSA) is 69.6 Å². The largest absolute Gasteiger partial charge is 0.471 e. The number of likely N-dealkylation sites (tertiary alicyclic amines) is 1. The van der Waals surface area contributed by atoms with Crippen molar-refractivity contribution in [1.82, 2.24) is 19.9 Å². The van der Waals surface area contributed by atoms with Gasteiger partial charge in [0.2, 0.25) is 5.88 Å². The number of likely N-dealkylation sites (N-methyl/N-ethyl adjacent to an activating group) is 1. The Hall–Kier alpha value is -2.09. The first-order valence-corrected chi connectivity index (χ1v) is 7.38. The lowest BCUT2D eigenvalue weighted by Gasteiger charge is -2.35. The Bertz CT molecular complexity index is 657. The van der Waals surface area contributed by atoms with Gasteiger partial charge in [-0.2, -0.15) is 0 Å². The Balaban J connectivity index is 1.79. The second-order valence-electron chi connectivity index (χ2n) is 5.48. The summed E-state index contributed by atoms with van der Waals surface area (Å²) in [5, 5.41) is 0. The first kappa shape index (κ1) is 15.8. The van der Waals surface area contributed by atoms with Crippen LogP contribution in [0.1, 0.15) is 11.9 Å². The summed E-state index contributed by atoms with van der Waals surface area (Å²) in [7, 11) is 5.25. The van der Waals surface area contributed by atoms with Gasteiger partial charge >= 0.3 is 0 Å². The number of ether oxygens (including phenoxy) is 3. The van der Waals surface area contributed by atoms with E-state index in [0.29, 0.717) is 17.3 Å². The van der Waals surface area contributed by atoms with E-state index in [0.717, 1.165) is 18.7 Å². The predicted molar refractivity (Wildman–Crippen MR) is 83.9 cm³/mol. The van der Waals surface area contributed by atoms with Crippen molar-refractivity contribution < 1.29 is 14.2 Å². The summed E-state index contributed by atoms with van der Waals surface area (Å²) >= 11 is 0. The van der Waals surface area contributed by atoms with E-state index >= 15 is 0 Å². The summed E-state index contributed by atoms with van der Waals surface area (Å²) in [5.74, 6) is 0.517. The Labute approximate surface area is 135 Å². The maximum Gasteiger partial charge on any atom is 0.233 e. The molecule has 0 bridgehead atoms. The monoisotopic (exact) mass is 316 g/mol. The smallest absolute Gasteiger partial charge is 0.233 e. The van der Waals surface area contributed by atoms with E-state index in [-0.39, 0.29) is 6.10 Å². The molecular weight excluding hydrogens is 296 g/mol. The van der Waals surface area contributed by atoms with Crippen LogP contribution in [0, 0.1) is 0 Å². The van der Waals surface area contributed by atoms with E-state index in [9.17, 15) is 0 Å². The van der Waals surface area contributed by atoms with Crippen molar-refractivity contribution in [3.8, 4) is 17.3 Å². The average Bonchev–Trinajstić information content (AvgIpc) is 2.55. The van der Waals surface area contributed by atoms with Crippen LogP contribution in [0.2, 0.25) is 0 Å². The molecule has 0 amide bonds. The molecule has 0 aromatic carbocycles. The molecule has 2 aromatic heterocycles. The normalized spacial score (nSPS) is 15.7. The molecule has 1 saturated heterocycles. The molecule has 0 radical (unpaired) electrons. The predicted octanol–water partition coefficient (Wildman–Crippen LogP) is 1.52. The van der Waals surface area contributed by atoms with Crippen LogP contribution in [0.3, 0.4) is 0 Å². The molecule has 0 saturated carbocycles. The van der Waals surface area contributed by atoms with Crippen LogP contribution in [0.4, 0.5) is 0 Å². The maximum absolute atomic E-state index is 5.81. The van der Waals surface area contributed by atoms with Gasteiger partial charge in [0, 0.05) is 39.1 Å². The summed E-state index contributed by atoms with van der Waals surface area (Å²) in [5.41, 5.74) is 2.22. The van der Waals surface area contributed by atoms with Crippen LogP contribution in [0.15, 0.2) is 30.7 Å². The second-order valence-corrected chi connectivity index (χ2v) is 5.48. The van der Waals surface area contributed by atoms with Crippen molar-refractivity contribution >= 4 is 0 Å². The molecule has 0 unspecified atom stereocenters. The number of nitrogens with zero attached hydrogens (tertiary/aromatic N) is 4. The number of aromatic nitrogens is 3. The van der Waals surface area contributed by atoms with Gasteiger partial charge in [-0.3, -0.25) is 14.9 Å². The third-order valence-corrected chi connectivity index (χ3v) is 3.68. The fourth-order valence-electron chi connectivity index (χ4n) is 2.52. The minimum atomic E-state index is -0.436. The molecule has 0 spiro atoms. The highest BCUT2D eigenvalue weighted by Crippen LogP contribution is 2.23. The number of hydrogen-bond donors (Lipinski definition) is 0. The Morgan fingerprint density at radius 1 is 1.17 bits per heavy atom. The molecule has 3 heterocycles. The van der Waals surface area contributed by atoms with Gasteiger partial charge in [-0.15, -0.1) is 0 Å². The van der Waals surface area contributed by atoms with Gasteiger partial charge in [-0.05, 0) is 19.2 Å². The van der Waals surface area contributed by atoms with Gasteiger partial charge in [-0.1, -0.05) is 0 Å². The highest BCUT2D eigenvalue weighted by atomic mass is 16.7. The molecule has 0 atom stereocenters. The molecule has 0 aliphatic carbocycles. The molecule has 0 N–H and O–H groups in total. The molecule has 1 fully saturated rings. The Morgan fingerprint density at radius 2 is 1.96 bits per heavy atom. The lowest BCUT2D eigenvalue weighted by molar-refractivity contribution is -0.106. The summed E-state index contributed by atoms with van der Waals surface area (Å²) in [6, 6.07) is 3.72. The van der Waals surface area contributed by atoms with Crippen molar-refractivity contribution in [2.24, 2.45) is 0 Å². The highest BCUT2D eigenvalue weighted by molar-refractivity contribution is 5.54. The molecule has 7 heteroatoms. The molecule has 3 rings (SSSR count). The van der Waals surface area contributed by atoms with E-state index in [2.05, 4.69) is 26.9 Å². The zero-order valence-electron chi connectivity index (χ0n) is 13.5. The van der Waals surface area contributed by atoms with Gasteiger partial charge in [0.25, 0.3) is 0 Å². The van der Waals surface area contributed by atoms with Crippen LogP contribution in [-0.4, -0.2) is 60.3 Å². The lowest BCUT2D eigenvalue weighted by atomic mass is 10.2. The van der Waals surface area contributed by atoms with Crippen LogP contribution in [0.5, 0.6) is 5.88 Å². The third-order valence-electron chi connectivity index (χ3n) is 3.68.